The van der Waals surface area contributed by atoms with Crippen molar-refractivity contribution in [3.8, 4) is 11.6 Å². The molecule has 9 heteroatoms. The topological polar surface area (TPSA) is 72.4 Å². The molecular formula is C19H14FN3O3S2. The van der Waals surface area contributed by atoms with Crippen molar-refractivity contribution in [1.29, 1.82) is 0 Å². The summed E-state index contributed by atoms with van der Waals surface area (Å²) in [5, 5.41) is 2.72. The van der Waals surface area contributed by atoms with E-state index in [4.69, 9.17) is 4.74 Å². The number of hydrogen-bond donors (Lipinski definition) is 0. The molecule has 6 nitrogen and oxygen atoms in total. The summed E-state index contributed by atoms with van der Waals surface area (Å²) in [4.78, 5) is 9.16. The number of anilines is 1. The third-order valence-corrected chi connectivity index (χ3v) is 6.73. The van der Waals surface area contributed by atoms with Crippen molar-refractivity contribution >= 4 is 37.3 Å². The Hall–Kier alpha value is -3.04. The largest absolute Gasteiger partial charge is 0.438 e. The van der Waals surface area contributed by atoms with E-state index in [1.165, 1.54) is 36.8 Å². The van der Waals surface area contributed by atoms with Gasteiger partial charge in [0.1, 0.15) is 22.7 Å². The highest BCUT2D eigenvalue weighted by atomic mass is 32.2. The number of aromatic nitrogens is 2. The first-order valence-corrected chi connectivity index (χ1v) is 10.5. The lowest BCUT2D eigenvalue weighted by Crippen LogP contribution is -2.26. The van der Waals surface area contributed by atoms with Gasteiger partial charge in [0, 0.05) is 7.05 Å². The van der Waals surface area contributed by atoms with E-state index in [0.717, 1.165) is 26.7 Å². The number of hydrogen-bond acceptors (Lipinski definition) is 6. The number of thiophene rings is 1. The van der Waals surface area contributed by atoms with Crippen LogP contribution in [0.15, 0.2) is 71.2 Å². The minimum atomic E-state index is -3.80. The summed E-state index contributed by atoms with van der Waals surface area (Å²) in [6.07, 6.45) is 1.44. The van der Waals surface area contributed by atoms with Crippen LogP contribution in [0.2, 0.25) is 0 Å². The molecule has 0 unspecified atom stereocenters. The van der Waals surface area contributed by atoms with Crippen LogP contribution in [0.4, 0.5) is 10.1 Å². The number of ether oxygens (including phenoxy) is 1. The fourth-order valence-electron chi connectivity index (χ4n) is 2.59. The van der Waals surface area contributed by atoms with E-state index in [0.29, 0.717) is 17.3 Å². The summed E-state index contributed by atoms with van der Waals surface area (Å²) in [7, 11) is -2.36. The highest BCUT2D eigenvalue weighted by molar-refractivity contribution is 7.92. The van der Waals surface area contributed by atoms with Crippen LogP contribution in [-0.4, -0.2) is 25.4 Å². The maximum absolute atomic E-state index is 13.1. The second kappa shape index (κ2) is 7.17. The Balaban J connectivity index is 1.57. The van der Waals surface area contributed by atoms with Crippen LogP contribution >= 0.6 is 11.3 Å². The normalized spacial score (nSPS) is 11.5. The van der Waals surface area contributed by atoms with E-state index in [2.05, 4.69) is 9.97 Å². The predicted octanol–water partition coefficient (Wildman–Crippen LogP) is 4.45. The second-order valence-electron chi connectivity index (χ2n) is 5.84. The Labute approximate surface area is 164 Å². The molecule has 0 radical (unpaired) electrons. The van der Waals surface area contributed by atoms with Gasteiger partial charge in [-0.05, 0) is 60.0 Å². The Morgan fingerprint density at radius 1 is 1.00 bits per heavy atom. The average molecular weight is 415 g/mol. The molecule has 0 aliphatic heterocycles. The highest BCUT2D eigenvalue weighted by Crippen LogP contribution is 2.31. The van der Waals surface area contributed by atoms with Crippen molar-refractivity contribution in [3.63, 3.8) is 0 Å². The minimum absolute atomic E-state index is 0.0116. The summed E-state index contributed by atoms with van der Waals surface area (Å²) in [5.41, 5.74) is 0.444. The first kappa shape index (κ1) is 18.3. The first-order valence-electron chi connectivity index (χ1n) is 8.16. The zero-order chi connectivity index (χ0) is 19.7. The third kappa shape index (κ3) is 3.41. The predicted molar refractivity (Wildman–Crippen MR) is 106 cm³/mol. The summed E-state index contributed by atoms with van der Waals surface area (Å²) in [5.74, 6) is 0.460. The van der Waals surface area contributed by atoms with Gasteiger partial charge >= 0.3 is 0 Å². The van der Waals surface area contributed by atoms with Crippen LogP contribution in [0.25, 0.3) is 10.2 Å². The van der Waals surface area contributed by atoms with Gasteiger partial charge in [-0.3, -0.25) is 4.31 Å². The number of rotatable bonds is 5. The van der Waals surface area contributed by atoms with Gasteiger partial charge in [0.15, 0.2) is 0 Å². The zero-order valence-electron chi connectivity index (χ0n) is 14.6. The number of halogens is 1. The van der Waals surface area contributed by atoms with Crippen molar-refractivity contribution in [2.24, 2.45) is 0 Å². The molecule has 4 rings (SSSR count). The molecular weight excluding hydrogens is 401 g/mol. The molecule has 2 aromatic carbocycles. The van der Waals surface area contributed by atoms with Crippen molar-refractivity contribution in [2.75, 3.05) is 11.4 Å². The molecule has 0 saturated heterocycles. The maximum atomic E-state index is 13.1. The van der Waals surface area contributed by atoms with Gasteiger partial charge in [-0.1, -0.05) is 0 Å². The number of fused-ring (bicyclic) bond motifs is 1. The molecule has 0 atom stereocenters. The fraction of sp³-hybridized carbons (Fsp3) is 0.0526. The standard InChI is InChI=1S/C19H14FN3O3S2/c1-23(28(24,25)16-8-2-13(20)3-9-16)14-4-6-15(7-5-14)26-18-17-10-11-27-19(17)22-12-21-18/h2-12H,1H3. The molecule has 0 amide bonds. The van der Waals surface area contributed by atoms with Crippen LogP contribution in [-0.2, 0) is 10.0 Å². The average Bonchev–Trinajstić information content (AvgIpc) is 3.18. The fourth-order valence-corrected chi connectivity index (χ4v) is 4.51. The third-order valence-electron chi connectivity index (χ3n) is 4.11. The molecule has 0 N–H and O–H groups in total. The number of benzene rings is 2. The molecule has 4 aromatic rings. The molecule has 0 saturated carbocycles. The summed E-state index contributed by atoms with van der Waals surface area (Å²) in [6, 6.07) is 13.2. The van der Waals surface area contributed by atoms with E-state index < -0.39 is 15.8 Å². The van der Waals surface area contributed by atoms with Crippen molar-refractivity contribution in [2.45, 2.75) is 4.90 Å². The van der Waals surface area contributed by atoms with Crippen molar-refractivity contribution in [1.82, 2.24) is 9.97 Å². The second-order valence-corrected chi connectivity index (χ2v) is 8.70. The minimum Gasteiger partial charge on any atom is -0.438 e. The van der Waals surface area contributed by atoms with E-state index in [1.807, 2.05) is 11.4 Å². The summed E-state index contributed by atoms with van der Waals surface area (Å²) in [6.45, 7) is 0. The molecule has 0 bridgehead atoms. The molecule has 142 valence electrons. The molecule has 0 aliphatic rings. The van der Waals surface area contributed by atoms with Crippen molar-refractivity contribution < 1.29 is 17.5 Å². The van der Waals surface area contributed by atoms with Crippen LogP contribution in [0.3, 0.4) is 0 Å². The van der Waals surface area contributed by atoms with Crippen molar-refractivity contribution in [3.05, 3.63) is 72.1 Å². The molecule has 0 spiro atoms. The molecule has 0 aliphatic carbocycles. The van der Waals surface area contributed by atoms with Crippen LogP contribution in [0.5, 0.6) is 11.6 Å². The van der Waals surface area contributed by atoms with Gasteiger partial charge in [-0.2, -0.15) is 0 Å². The summed E-state index contributed by atoms with van der Waals surface area (Å²) < 4.78 is 45.4. The molecule has 2 aromatic heterocycles. The lowest BCUT2D eigenvalue weighted by molar-refractivity contribution is 0.468. The zero-order valence-corrected chi connectivity index (χ0v) is 16.2. The molecule has 0 fully saturated rings. The van der Waals surface area contributed by atoms with Crippen LogP contribution in [0.1, 0.15) is 0 Å². The first-order chi connectivity index (χ1) is 13.4. The number of sulfonamides is 1. The summed E-state index contributed by atoms with van der Waals surface area (Å²) >= 11 is 1.49. The highest BCUT2D eigenvalue weighted by Gasteiger charge is 2.21. The Bertz CT molecular complexity index is 1220. The smallest absolute Gasteiger partial charge is 0.264 e. The lowest BCUT2D eigenvalue weighted by atomic mass is 10.3. The van der Waals surface area contributed by atoms with Gasteiger partial charge in [0.2, 0.25) is 5.88 Å². The van der Waals surface area contributed by atoms with E-state index in [1.54, 1.807) is 24.3 Å². The van der Waals surface area contributed by atoms with Gasteiger partial charge in [0.25, 0.3) is 10.0 Å². The van der Waals surface area contributed by atoms with E-state index in [-0.39, 0.29) is 4.90 Å². The van der Waals surface area contributed by atoms with Gasteiger partial charge in [0.05, 0.1) is 16.0 Å². The SMILES string of the molecule is CN(c1ccc(Oc2ncnc3sccc23)cc1)S(=O)(=O)c1ccc(F)cc1. The van der Waals surface area contributed by atoms with Gasteiger partial charge < -0.3 is 4.74 Å². The number of nitrogens with zero attached hydrogens (tertiary/aromatic N) is 3. The Kier molecular flexibility index (Phi) is 4.70. The van der Waals surface area contributed by atoms with Gasteiger partial charge in [-0.15, -0.1) is 11.3 Å². The van der Waals surface area contributed by atoms with Crippen LogP contribution in [0, 0.1) is 5.82 Å². The monoisotopic (exact) mass is 415 g/mol. The van der Waals surface area contributed by atoms with Crippen LogP contribution < -0.4 is 9.04 Å². The van der Waals surface area contributed by atoms with E-state index in [9.17, 15) is 12.8 Å². The lowest BCUT2D eigenvalue weighted by Gasteiger charge is -2.19. The van der Waals surface area contributed by atoms with Gasteiger partial charge in [-0.25, -0.2) is 22.8 Å². The quantitative estimate of drug-likeness (QED) is 0.482. The maximum Gasteiger partial charge on any atom is 0.264 e. The Morgan fingerprint density at radius 2 is 1.71 bits per heavy atom. The van der Waals surface area contributed by atoms with E-state index >= 15 is 0 Å². The Morgan fingerprint density at radius 3 is 2.43 bits per heavy atom. The molecule has 2 heterocycles. The molecule has 28 heavy (non-hydrogen) atoms.